The van der Waals surface area contributed by atoms with Gasteiger partial charge in [-0.25, -0.2) is 0 Å². The lowest BCUT2D eigenvalue weighted by Gasteiger charge is -2.26. The monoisotopic (exact) mass is 1360 g/mol. The van der Waals surface area contributed by atoms with E-state index in [-0.39, 0.29) is 49.9 Å². The van der Waals surface area contributed by atoms with E-state index >= 15 is 0 Å². The number of aliphatic hydroxyl groups is 2. The second-order valence-electron chi connectivity index (χ2n) is 20.7. The van der Waals surface area contributed by atoms with Crippen LogP contribution >= 0.6 is 47.0 Å². The maximum absolute atomic E-state index is 12.4. The molecule has 2 saturated heterocycles. The molecule has 2 aliphatic rings. The lowest BCUT2D eigenvalue weighted by Crippen LogP contribution is -2.37. The van der Waals surface area contributed by atoms with Gasteiger partial charge in [-0.2, -0.15) is 32.3 Å². The molecular formula is C56H102N12O18S4. The highest BCUT2D eigenvalue weighted by Gasteiger charge is 2.23. The van der Waals surface area contributed by atoms with Crippen molar-refractivity contribution in [2.24, 2.45) is 0 Å². The van der Waals surface area contributed by atoms with Gasteiger partial charge in [-0.1, -0.05) is 0 Å². The molecule has 0 aliphatic carbocycles. The minimum atomic E-state index is -0.722. The van der Waals surface area contributed by atoms with E-state index in [1.54, 1.807) is 23.5 Å². The Labute approximate surface area is 547 Å². The number of rotatable bonds is 59. The van der Waals surface area contributed by atoms with Crippen LogP contribution in [0.15, 0.2) is 0 Å². The van der Waals surface area contributed by atoms with Gasteiger partial charge in [0.25, 0.3) is 11.8 Å². The van der Waals surface area contributed by atoms with Crippen LogP contribution in [0.2, 0.25) is 0 Å². The van der Waals surface area contributed by atoms with Crippen molar-refractivity contribution in [3.05, 3.63) is 0 Å². The van der Waals surface area contributed by atoms with Gasteiger partial charge in [0.05, 0.1) is 116 Å². The van der Waals surface area contributed by atoms with E-state index in [1.807, 2.05) is 25.8 Å². The first kappa shape index (κ1) is 78.9. The molecule has 518 valence electrons. The maximum atomic E-state index is 12.4. The Morgan fingerprint density at radius 1 is 0.533 bits per heavy atom. The van der Waals surface area contributed by atoms with E-state index in [4.69, 9.17) is 56.8 Å². The largest absolute Gasteiger partial charge is 0.472 e. The summed E-state index contributed by atoms with van der Waals surface area (Å²) in [6.07, 6.45) is 1.28. The molecule has 2 aromatic rings. The van der Waals surface area contributed by atoms with Gasteiger partial charge in [0.1, 0.15) is 38.6 Å². The van der Waals surface area contributed by atoms with E-state index in [0.29, 0.717) is 194 Å². The highest BCUT2D eigenvalue weighted by molar-refractivity contribution is 7.99. The molecule has 0 spiro atoms. The van der Waals surface area contributed by atoms with E-state index in [1.165, 1.54) is 0 Å². The molecule has 2 aliphatic heterocycles. The maximum Gasteiger partial charge on any atom is 0.270 e. The number of nitrogens with zero attached hydrogens (tertiary/aromatic N) is 7. The third-order valence-corrected chi connectivity index (χ3v) is 16.3. The van der Waals surface area contributed by atoms with Crippen LogP contribution in [0, 0.1) is 0 Å². The Morgan fingerprint density at radius 3 is 1.49 bits per heavy atom. The molecule has 0 aromatic carbocycles. The number of aliphatic hydroxyl groups excluding tert-OH is 2. The highest BCUT2D eigenvalue weighted by Crippen LogP contribution is 2.27. The Balaban J connectivity index is 0.794. The number of carbonyl (C=O) groups is 4. The zero-order chi connectivity index (χ0) is 64.3. The molecule has 0 saturated carbocycles. The van der Waals surface area contributed by atoms with Gasteiger partial charge in [0.15, 0.2) is 18.4 Å². The number of hydrogen-bond donors (Lipinski definition) is 7. The first-order valence-electron chi connectivity index (χ1n) is 31.2. The van der Waals surface area contributed by atoms with Crippen LogP contribution in [0.1, 0.15) is 52.4 Å². The van der Waals surface area contributed by atoms with Gasteiger partial charge in [0, 0.05) is 110 Å². The number of ether oxygens (including phenoxy) is 12. The number of carbonyl (C=O) groups excluding carboxylic acids is 4. The molecular weight excluding hydrogens is 1260 g/mol. The molecule has 2 aromatic heterocycles. The molecule has 2 fully saturated rings. The number of thioether (sulfide) groups is 2. The summed E-state index contributed by atoms with van der Waals surface area (Å²) in [5.41, 5.74) is 0. The lowest BCUT2D eigenvalue weighted by molar-refractivity contribution is -0.133. The minimum absolute atomic E-state index is 0.0382. The van der Waals surface area contributed by atoms with Crippen molar-refractivity contribution in [2.45, 2.75) is 77.2 Å². The standard InChI is InChI=1S/C56H102N12O18S4/c1-45(81-21-5-36-87-35-4-7-47(69)41-79-33-31-75-23-10-57-39-48(70)42-85-55-53(62-89-64-55)67-17-27-77-28-18-67)83-25-12-59-50(72)8-15-66(3)16-9-51(73)60-13-26-84-46(2)82-22-6-37-88-38-14-61-52(74)44-80-34-32-76-24-11-58-40-49(71)43-86-56-54(63-90-65-56)68-19-29-78-30-20-68/h45-46,48-49,57-58,70-71H,4-44H2,1-3H3,(H,59,72)(H,60,73)(H,61,74)/t45?,46?,48-,49-/m0/s1. The van der Waals surface area contributed by atoms with Crippen molar-refractivity contribution < 1.29 is 86.2 Å². The Morgan fingerprint density at radius 2 is 0.978 bits per heavy atom. The van der Waals surface area contributed by atoms with Crippen LogP contribution in [0.5, 0.6) is 11.8 Å². The normalized spacial score (nSPS) is 15.0. The molecule has 0 bridgehead atoms. The first-order chi connectivity index (χ1) is 44.0. The number of Topliss-reactive ketones (excluding diaryl/α,β-unsaturated/α-hetero) is 1. The van der Waals surface area contributed by atoms with Gasteiger partial charge in [-0.3, -0.25) is 19.2 Å². The molecule has 90 heavy (non-hydrogen) atoms. The number of ketones is 1. The van der Waals surface area contributed by atoms with Crippen molar-refractivity contribution in [2.75, 3.05) is 244 Å². The van der Waals surface area contributed by atoms with Gasteiger partial charge in [0.2, 0.25) is 29.4 Å². The van der Waals surface area contributed by atoms with Gasteiger partial charge < -0.3 is 108 Å². The molecule has 0 radical (unpaired) electrons. The third kappa shape index (κ3) is 40.6. The van der Waals surface area contributed by atoms with E-state index in [9.17, 15) is 29.4 Å². The van der Waals surface area contributed by atoms with Crippen molar-refractivity contribution in [1.29, 1.82) is 0 Å². The highest BCUT2D eigenvalue weighted by atomic mass is 32.2. The smallest absolute Gasteiger partial charge is 0.270 e. The average molecular weight is 1360 g/mol. The molecule has 30 nitrogen and oxygen atoms in total. The van der Waals surface area contributed by atoms with Crippen LogP contribution in [-0.4, -0.2) is 315 Å². The van der Waals surface area contributed by atoms with Crippen LogP contribution in [0.4, 0.5) is 11.6 Å². The second-order valence-corrected chi connectivity index (χ2v) is 24.2. The fraction of sp³-hybridized carbons (Fsp3) is 0.857. The number of aromatic nitrogens is 4. The zero-order valence-corrected chi connectivity index (χ0v) is 56.3. The molecule has 4 atom stereocenters. The second kappa shape index (κ2) is 52.8. The lowest BCUT2D eigenvalue weighted by atomic mass is 10.2. The summed E-state index contributed by atoms with van der Waals surface area (Å²) in [6, 6.07) is 0. The molecule has 34 heteroatoms. The van der Waals surface area contributed by atoms with Crippen LogP contribution in [0.25, 0.3) is 0 Å². The van der Waals surface area contributed by atoms with Crippen LogP contribution in [0.3, 0.4) is 0 Å². The molecule has 4 rings (SSSR count). The van der Waals surface area contributed by atoms with Gasteiger partial charge >= 0.3 is 0 Å². The number of nitrogens with one attached hydrogen (secondary N) is 5. The summed E-state index contributed by atoms with van der Waals surface area (Å²) in [6.45, 7) is 17.3. The first-order valence-corrected chi connectivity index (χ1v) is 35.0. The Bertz CT molecular complexity index is 1990. The van der Waals surface area contributed by atoms with Gasteiger partial charge in [-0.15, -0.1) is 8.75 Å². The number of hydrogen-bond acceptors (Lipinski definition) is 31. The van der Waals surface area contributed by atoms with Crippen molar-refractivity contribution in [3.63, 3.8) is 0 Å². The number of amides is 3. The predicted molar refractivity (Wildman–Crippen MR) is 345 cm³/mol. The molecule has 4 heterocycles. The summed E-state index contributed by atoms with van der Waals surface area (Å²) in [5.74, 6) is 5.34. The molecule has 7 N–H and O–H groups in total. The molecule has 2 unspecified atom stereocenters. The SMILES string of the molecule is CC(OCCCSCCCC(=O)COCCOCCNC[C@H](O)COc1nsnc1N1CCOCC1)OCCNC(=O)CCN(C)CCC(=O)NCCOC(C)OCCCSCCNC(=O)COCCOCCNC[C@H](O)COc1nsnc1N1CCOCC1. The van der Waals surface area contributed by atoms with Crippen molar-refractivity contribution in [1.82, 2.24) is 49.0 Å². The Kier molecular flexibility index (Phi) is 46.3. The summed E-state index contributed by atoms with van der Waals surface area (Å²) in [4.78, 5) is 55.1. The fourth-order valence-electron chi connectivity index (χ4n) is 8.14. The van der Waals surface area contributed by atoms with Gasteiger partial charge in [-0.05, 0) is 57.4 Å². The average Bonchev–Trinajstić information content (AvgIpc) is 2.54. The minimum Gasteiger partial charge on any atom is -0.472 e. The molecule has 3 amide bonds. The number of morpholine rings is 2. The van der Waals surface area contributed by atoms with Crippen molar-refractivity contribution >= 4 is 82.1 Å². The summed E-state index contributed by atoms with van der Waals surface area (Å²) in [5, 5.41) is 35.4. The summed E-state index contributed by atoms with van der Waals surface area (Å²) in [7, 11) is 1.87. The topological polar surface area (TPSA) is 341 Å². The van der Waals surface area contributed by atoms with E-state index in [2.05, 4.69) is 53.9 Å². The zero-order valence-electron chi connectivity index (χ0n) is 53.0. The third-order valence-electron chi connectivity index (χ3n) is 13.1. The predicted octanol–water partition coefficient (Wildman–Crippen LogP) is -0.0971. The quantitative estimate of drug-likeness (QED) is 0.0336. The fourth-order valence-corrected chi connectivity index (χ4v) is 10.8. The van der Waals surface area contributed by atoms with Crippen LogP contribution < -0.4 is 45.9 Å². The van der Waals surface area contributed by atoms with Crippen molar-refractivity contribution in [3.8, 4) is 11.8 Å². The van der Waals surface area contributed by atoms with E-state index in [0.717, 1.165) is 91.9 Å². The van der Waals surface area contributed by atoms with E-state index < -0.39 is 24.8 Å². The van der Waals surface area contributed by atoms with Crippen LogP contribution in [-0.2, 0) is 66.5 Å². The number of anilines is 2. The summed E-state index contributed by atoms with van der Waals surface area (Å²) >= 11 is 5.66. The Hall–Kier alpha value is -3.50. The summed E-state index contributed by atoms with van der Waals surface area (Å²) < 4.78 is 84.0.